The fourth-order valence-corrected chi connectivity index (χ4v) is 2.27. The van der Waals surface area contributed by atoms with E-state index in [1.54, 1.807) is 24.3 Å². The summed E-state index contributed by atoms with van der Waals surface area (Å²) < 4.78 is 27.2. The molecule has 2 rings (SSSR count). The van der Waals surface area contributed by atoms with Crippen LogP contribution < -0.4 is 11.1 Å². The summed E-state index contributed by atoms with van der Waals surface area (Å²) >= 11 is 3.29. The number of nitrogens with one attached hydrogen (secondary N) is 1. The second-order valence-corrected chi connectivity index (χ2v) is 5.83. The number of primary amides is 1. The van der Waals surface area contributed by atoms with E-state index in [1.807, 2.05) is 0 Å². The fraction of sp³-hybridized carbons (Fsp3) is 0.125. The van der Waals surface area contributed by atoms with Gasteiger partial charge in [0.1, 0.15) is 17.7 Å². The van der Waals surface area contributed by atoms with Crippen LogP contribution in [0.5, 0.6) is 0 Å². The van der Waals surface area contributed by atoms with Crippen molar-refractivity contribution in [1.29, 1.82) is 0 Å². The predicted octanol–water partition coefficient (Wildman–Crippen LogP) is 2.55. The van der Waals surface area contributed by atoms with Crippen LogP contribution in [0.25, 0.3) is 0 Å². The van der Waals surface area contributed by atoms with Crippen molar-refractivity contribution in [1.82, 2.24) is 5.32 Å². The lowest BCUT2D eigenvalue weighted by atomic mass is 10.0. The molecular formula is C16H13BrF2N2O2. The molecule has 0 aliphatic rings. The summed E-state index contributed by atoms with van der Waals surface area (Å²) in [4.78, 5) is 23.6. The third-order valence-corrected chi connectivity index (χ3v) is 3.66. The summed E-state index contributed by atoms with van der Waals surface area (Å²) in [5.41, 5.74) is 5.85. The highest BCUT2D eigenvalue weighted by Crippen LogP contribution is 2.13. The van der Waals surface area contributed by atoms with Crippen molar-refractivity contribution in [2.75, 3.05) is 0 Å². The van der Waals surface area contributed by atoms with E-state index in [9.17, 15) is 18.4 Å². The van der Waals surface area contributed by atoms with Crippen molar-refractivity contribution in [2.45, 2.75) is 12.5 Å². The molecule has 2 amide bonds. The maximum atomic E-state index is 13.2. The van der Waals surface area contributed by atoms with Gasteiger partial charge in [0.15, 0.2) is 0 Å². The third-order valence-electron chi connectivity index (χ3n) is 3.13. The average molecular weight is 383 g/mol. The first-order chi connectivity index (χ1) is 10.8. The van der Waals surface area contributed by atoms with Crippen molar-refractivity contribution in [3.05, 3.63) is 69.7 Å². The molecule has 0 radical (unpaired) electrons. The molecule has 0 heterocycles. The molecule has 0 unspecified atom stereocenters. The molecule has 2 aromatic carbocycles. The smallest absolute Gasteiger partial charge is 0.252 e. The first-order valence-electron chi connectivity index (χ1n) is 6.66. The Hall–Kier alpha value is -2.28. The van der Waals surface area contributed by atoms with Crippen molar-refractivity contribution in [3.8, 4) is 0 Å². The molecule has 3 N–H and O–H groups in total. The second-order valence-electron chi connectivity index (χ2n) is 4.92. The Kier molecular flexibility index (Phi) is 5.44. The fourth-order valence-electron chi connectivity index (χ4n) is 2.01. The van der Waals surface area contributed by atoms with Crippen LogP contribution in [0.1, 0.15) is 15.9 Å². The largest absolute Gasteiger partial charge is 0.368 e. The van der Waals surface area contributed by atoms with Gasteiger partial charge in [-0.25, -0.2) is 8.78 Å². The second kappa shape index (κ2) is 7.32. The first kappa shape index (κ1) is 17.1. The molecule has 0 saturated carbocycles. The molecule has 0 fully saturated rings. The molecule has 120 valence electrons. The molecule has 7 heteroatoms. The highest BCUT2D eigenvalue weighted by molar-refractivity contribution is 9.10. The van der Waals surface area contributed by atoms with Crippen molar-refractivity contribution in [3.63, 3.8) is 0 Å². The van der Waals surface area contributed by atoms with Crippen LogP contribution in [0, 0.1) is 11.6 Å². The van der Waals surface area contributed by atoms with Crippen molar-refractivity contribution >= 4 is 27.7 Å². The maximum absolute atomic E-state index is 13.2. The Bertz CT molecular complexity index is 715. The van der Waals surface area contributed by atoms with E-state index in [2.05, 4.69) is 21.2 Å². The zero-order valence-electron chi connectivity index (χ0n) is 11.9. The minimum Gasteiger partial charge on any atom is -0.368 e. The summed E-state index contributed by atoms with van der Waals surface area (Å²) in [5, 5.41) is 2.39. The SMILES string of the molecule is NC(=O)[C@@H](Cc1ccc(Br)cc1)NC(=O)c1cc(F)cc(F)c1. The van der Waals surface area contributed by atoms with Gasteiger partial charge in [-0.05, 0) is 29.8 Å². The minimum atomic E-state index is -0.991. The summed E-state index contributed by atoms with van der Waals surface area (Å²) in [7, 11) is 0. The van der Waals surface area contributed by atoms with E-state index < -0.39 is 29.5 Å². The van der Waals surface area contributed by atoms with Gasteiger partial charge in [-0.15, -0.1) is 0 Å². The number of carbonyl (C=O) groups is 2. The first-order valence-corrected chi connectivity index (χ1v) is 7.45. The summed E-state index contributed by atoms with van der Waals surface area (Å²) in [5.74, 6) is -3.26. The van der Waals surface area contributed by atoms with Gasteiger partial charge in [-0.1, -0.05) is 28.1 Å². The lowest BCUT2D eigenvalue weighted by Crippen LogP contribution is -2.45. The Balaban J connectivity index is 2.14. The Labute approximate surface area is 139 Å². The number of hydrogen-bond donors (Lipinski definition) is 2. The van der Waals surface area contributed by atoms with Gasteiger partial charge >= 0.3 is 0 Å². The maximum Gasteiger partial charge on any atom is 0.252 e. The van der Waals surface area contributed by atoms with E-state index in [0.717, 1.165) is 22.2 Å². The topological polar surface area (TPSA) is 72.2 Å². The van der Waals surface area contributed by atoms with Crippen molar-refractivity contribution < 1.29 is 18.4 Å². The van der Waals surface area contributed by atoms with Crippen LogP contribution in [0.3, 0.4) is 0 Å². The summed E-state index contributed by atoms with van der Waals surface area (Å²) in [6.07, 6.45) is 0.173. The van der Waals surface area contributed by atoms with E-state index in [1.165, 1.54) is 0 Å². The Morgan fingerprint density at radius 2 is 1.65 bits per heavy atom. The van der Waals surface area contributed by atoms with Gasteiger partial charge in [-0.3, -0.25) is 9.59 Å². The van der Waals surface area contributed by atoms with Crippen LogP contribution in [0.2, 0.25) is 0 Å². The number of carbonyl (C=O) groups excluding carboxylic acids is 2. The summed E-state index contributed by atoms with van der Waals surface area (Å²) in [6.45, 7) is 0. The van der Waals surface area contributed by atoms with Crippen LogP contribution in [0.15, 0.2) is 46.9 Å². The highest BCUT2D eigenvalue weighted by Gasteiger charge is 2.20. The zero-order valence-corrected chi connectivity index (χ0v) is 13.4. The normalized spacial score (nSPS) is 11.8. The van der Waals surface area contributed by atoms with Gasteiger partial charge in [0.2, 0.25) is 5.91 Å². The molecule has 0 aliphatic heterocycles. The number of benzene rings is 2. The molecule has 0 bridgehead atoms. The monoisotopic (exact) mass is 382 g/mol. The molecule has 0 saturated heterocycles. The lowest BCUT2D eigenvalue weighted by molar-refractivity contribution is -0.119. The zero-order chi connectivity index (χ0) is 17.0. The van der Waals surface area contributed by atoms with Gasteiger partial charge in [-0.2, -0.15) is 0 Å². The number of hydrogen-bond acceptors (Lipinski definition) is 2. The van der Waals surface area contributed by atoms with Gasteiger partial charge < -0.3 is 11.1 Å². The molecule has 2 aromatic rings. The third kappa shape index (κ3) is 4.85. The van der Waals surface area contributed by atoms with Gasteiger partial charge in [0.05, 0.1) is 0 Å². The molecule has 0 aromatic heterocycles. The Morgan fingerprint density at radius 1 is 1.09 bits per heavy atom. The van der Waals surface area contributed by atoms with Crippen LogP contribution in [0.4, 0.5) is 8.78 Å². The molecular weight excluding hydrogens is 370 g/mol. The molecule has 0 spiro atoms. The predicted molar refractivity (Wildman–Crippen MR) is 84.7 cm³/mol. The van der Waals surface area contributed by atoms with E-state index in [-0.39, 0.29) is 12.0 Å². The van der Waals surface area contributed by atoms with Crippen molar-refractivity contribution in [2.24, 2.45) is 5.73 Å². The van der Waals surface area contributed by atoms with Crippen LogP contribution in [-0.2, 0) is 11.2 Å². The van der Waals surface area contributed by atoms with Gasteiger partial charge in [0, 0.05) is 22.5 Å². The lowest BCUT2D eigenvalue weighted by Gasteiger charge is -2.16. The van der Waals surface area contributed by atoms with Gasteiger partial charge in [0.25, 0.3) is 5.91 Å². The molecule has 1 atom stereocenters. The minimum absolute atomic E-state index is 0.173. The number of halogens is 3. The molecule has 23 heavy (non-hydrogen) atoms. The molecule has 0 aliphatic carbocycles. The quantitative estimate of drug-likeness (QED) is 0.833. The standard InChI is InChI=1S/C16H13BrF2N2O2/c17-11-3-1-9(2-4-11)5-14(15(20)22)21-16(23)10-6-12(18)8-13(19)7-10/h1-4,6-8,14H,5H2,(H2,20,22)(H,21,23)/t14-/m1/s1. The van der Waals surface area contributed by atoms with E-state index in [4.69, 9.17) is 5.73 Å². The Morgan fingerprint density at radius 3 is 2.17 bits per heavy atom. The van der Waals surface area contributed by atoms with E-state index in [0.29, 0.717) is 6.07 Å². The van der Waals surface area contributed by atoms with Crippen LogP contribution in [-0.4, -0.2) is 17.9 Å². The number of rotatable bonds is 5. The highest BCUT2D eigenvalue weighted by atomic mass is 79.9. The number of nitrogens with two attached hydrogens (primary N) is 1. The number of amides is 2. The van der Waals surface area contributed by atoms with Crippen LogP contribution >= 0.6 is 15.9 Å². The average Bonchev–Trinajstić information content (AvgIpc) is 2.47. The summed E-state index contributed by atoms with van der Waals surface area (Å²) in [6, 6.07) is 8.56. The molecule has 4 nitrogen and oxygen atoms in total. The van der Waals surface area contributed by atoms with E-state index >= 15 is 0 Å².